The first-order chi connectivity index (χ1) is 27.2. The van der Waals surface area contributed by atoms with Gasteiger partial charge >= 0.3 is 11.9 Å². The highest BCUT2D eigenvalue weighted by Crippen LogP contribution is 2.69. The Labute approximate surface area is 338 Å². The summed E-state index contributed by atoms with van der Waals surface area (Å²) < 4.78 is 5.61. The second kappa shape index (κ2) is 16.4. The van der Waals surface area contributed by atoms with Gasteiger partial charge in [0.1, 0.15) is 11.2 Å². The van der Waals surface area contributed by atoms with E-state index in [0.29, 0.717) is 62.2 Å². The third kappa shape index (κ3) is 7.82. The summed E-state index contributed by atoms with van der Waals surface area (Å²) in [5, 5.41) is 49.4. The Morgan fingerprint density at radius 1 is 1.04 bits per heavy atom. The zero-order valence-electron chi connectivity index (χ0n) is 34.4. The number of aryl methyl sites for hydroxylation is 1. The average molecular weight is 779 g/mol. The van der Waals surface area contributed by atoms with E-state index in [1.807, 2.05) is 55.5 Å². The quantitative estimate of drug-likeness (QED) is 0.0737. The molecule has 7 rings (SSSR count). The van der Waals surface area contributed by atoms with Gasteiger partial charge in [-0.25, -0.2) is 4.79 Å². The van der Waals surface area contributed by atoms with Crippen molar-refractivity contribution in [1.29, 1.82) is 0 Å². The second-order valence-electron chi connectivity index (χ2n) is 18.5. The number of pyridine rings is 1. The summed E-state index contributed by atoms with van der Waals surface area (Å²) in [4.78, 5) is 29.3. The van der Waals surface area contributed by atoms with Gasteiger partial charge in [0.15, 0.2) is 0 Å². The summed E-state index contributed by atoms with van der Waals surface area (Å²) >= 11 is 0. The van der Waals surface area contributed by atoms with Crippen LogP contribution in [0.5, 0.6) is 0 Å². The standard InChI is InChI=1S/C48H62N2O7/c1-6-7-24-57-45(55)42-30(3)50-38-11-9-8-10-34(38)44(42)49-28-32-15-13-31(14-16-32)20-21-48(56)23-22-46(4)33(27-48)25-39(51)43-36-18-17-35(29(2)12-19-41(53)54)47(36,5)40(52)26-37(43)46/h8-11,13-16,29,33,35-37,39-40,43,51-52,56H,6-7,12,17-19,22-28H2,1-5H3,(H,49,50)(H,53,54)/t29?,33?,35-,36?,37?,39?,40?,43?,46?,47?,48?/m1/s1. The summed E-state index contributed by atoms with van der Waals surface area (Å²) in [6.07, 6.45) is 6.46. The lowest BCUT2D eigenvalue weighted by Gasteiger charge is -2.64. The number of nitrogens with one attached hydrogen (secondary N) is 1. The van der Waals surface area contributed by atoms with E-state index in [-0.39, 0.29) is 58.7 Å². The maximum Gasteiger partial charge on any atom is 0.342 e. The fourth-order valence-electron chi connectivity index (χ4n) is 12.0. The third-order valence-electron chi connectivity index (χ3n) is 15.3. The van der Waals surface area contributed by atoms with E-state index in [1.54, 1.807) is 0 Å². The molecule has 0 bridgehead atoms. The molecule has 10 unspecified atom stereocenters. The highest BCUT2D eigenvalue weighted by molar-refractivity contribution is 6.06. The molecule has 0 saturated heterocycles. The monoisotopic (exact) mass is 778 g/mol. The number of unbranched alkanes of at least 4 members (excludes halogenated alkanes) is 1. The molecule has 4 aliphatic rings. The van der Waals surface area contributed by atoms with Crippen LogP contribution < -0.4 is 5.32 Å². The van der Waals surface area contributed by atoms with Crippen molar-refractivity contribution in [2.75, 3.05) is 11.9 Å². The Morgan fingerprint density at radius 2 is 1.79 bits per heavy atom. The Bertz CT molecular complexity index is 2020. The largest absolute Gasteiger partial charge is 0.481 e. The van der Waals surface area contributed by atoms with Crippen LogP contribution in [0.15, 0.2) is 48.5 Å². The molecule has 3 aromatic rings. The maximum absolute atomic E-state index is 13.2. The van der Waals surface area contributed by atoms with Crippen LogP contribution in [0.1, 0.15) is 126 Å². The predicted molar refractivity (Wildman–Crippen MR) is 221 cm³/mol. The van der Waals surface area contributed by atoms with Crippen molar-refractivity contribution in [1.82, 2.24) is 4.98 Å². The molecule has 0 radical (unpaired) electrons. The first-order valence-corrected chi connectivity index (χ1v) is 21.4. The molecule has 2 aromatic carbocycles. The zero-order valence-corrected chi connectivity index (χ0v) is 34.4. The van der Waals surface area contributed by atoms with Crippen molar-refractivity contribution in [3.63, 3.8) is 0 Å². The lowest BCUT2D eigenvalue weighted by atomic mass is 9.42. The molecule has 0 amide bonds. The maximum atomic E-state index is 13.2. The van der Waals surface area contributed by atoms with Crippen molar-refractivity contribution in [3.05, 3.63) is 70.9 Å². The number of nitrogens with zero attached hydrogens (tertiary/aromatic N) is 1. The fourth-order valence-corrected chi connectivity index (χ4v) is 12.0. The molecule has 4 saturated carbocycles. The van der Waals surface area contributed by atoms with Gasteiger partial charge < -0.3 is 30.5 Å². The van der Waals surface area contributed by atoms with Crippen LogP contribution in [0.25, 0.3) is 10.9 Å². The summed E-state index contributed by atoms with van der Waals surface area (Å²) in [5.74, 6) is 6.30. The van der Waals surface area contributed by atoms with Crippen LogP contribution in [-0.4, -0.2) is 61.8 Å². The molecule has 5 N–H and O–H groups in total. The number of aliphatic hydroxyl groups is 3. The number of hydrogen-bond acceptors (Lipinski definition) is 8. The lowest BCUT2D eigenvalue weighted by Crippen LogP contribution is -2.63. The van der Waals surface area contributed by atoms with E-state index < -0.39 is 23.8 Å². The van der Waals surface area contributed by atoms with Crippen LogP contribution in [0.2, 0.25) is 0 Å². The molecule has 9 heteroatoms. The number of carboxylic acids is 1. The Kier molecular flexibility index (Phi) is 11.8. The van der Waals surface area contributed by atoms with E-state index >= 15 is 0 Å². The summed E-state index contributed by atoms with van der Waals surface area (Å²) in [6, 6.07) is 15.7. The van der Waals surface area contributed by atoms with Gasteiger partial charge in [0.2, 0.25) is 0 Å². The second-order valence-corrected chi connectivity index (χ2v) is 18.5. The van der Waals surface area contributed by atoms with E-state index in [2.05, 4.69) is 49.8 Å². The molecule has 0 aliphatic heterocycles. The number of rotatable bonds is 11. The first kappa shape index (κ1) is 41.2. The number of benzene rings is 2. The first-order valence-electron chi connectivity index (χ1n) is 21.4. The highest BCUT2D eigenvalue weighted by atomic mass is 16.5. The number of hydrogen-bond donors (Lipinski definition) is 5. The number of aliphatic hydroxyl groups excluding tert-OH is 2. The van der Waals surface area contributed by atoms with Crippen molar-refractivity contribution < 1.29 is 34.8 Å². The van der Waals surface area contributed by atoms with Gasteiger partial charge in [-0.3, -0.25) is 9.78 Å². The number of para-hydroxylation sites is 1. The van der Waals surface area contributed by atoms with Crippen LogP contribution in [0.3, 0.4) is 0 Å². The van der Waals surface area contributed by atoms with Crippen LogP contribution in [0.4, 0.5) is 5.69 Å². The number of aromatic nitrogens is 1. The minimum Gasteiger partial charge on any atom is -0.481 e. The molecular formula is C48H62N2O7. The van der Waals surface area contributed by atoms with E-state index in [0.717, 1.165) is 54.1 Å². The van der Waals surface area contributed by atoms with Crippen molar-refractivity contribution >= 4 is 28.5 Å². The van der Waals surface area contributed by atoms with Crippen molar-refractivity contribution in [2.24, 2.45) is 46.3 Å². The topological polar surface area (TPSA) is 149 Å². The van der Waals surface area contributed by atoms with Gasteiger partial charge in [-0.05, 0) is 135 Å². The molecule has 1 aromatic heterocycles. The molecule has 4 fully saturated rings. The zero-order chi connectivity index (χ0) is 40.7. The molecule has 9 nitrogen and oxygen atoms in total. The smallest absolute Gasteiger partial charge is 0.342 e. The van der Waals surface area contributed by atoms with Gasteiger partial charge in [-0.15, -0.1) is 0 Å². The lowest BCUT2D eigenvalue weighted by molar-refractivity contribution is -0.211. The number of aliphatic carboxylic acids is 1. The predicted octanol–water partition coefficient (Wildman–Crippen LogP) is 8.30. The molecule has 1 heterocycles. The number of anilines is 1. The molecule has 306 valence electrons. The molecule has 0 spiro atoms. The number of ether oxygens (including phenoxy) is 1. The van der Waals surface area contributed by atoms with Gasteiger partial charge in [0.25, 0.3) is 0 Å². The van der Waals surface area contributed by atoms with Gasteiger partial charge in [-0.2, -0.15) is 0 Å². The van der Waals surface area contributed by atoms with Crippen molar-refractivity contribution in [3.8, 4) is 11.8 Å². The summed E-state index contributed by atoms with van der Waals surface area (Å²) in [6.45, 7) is 11.4. The number of carbonyl (C=O) groups is 2. The van der Waals surface area contributed by atoms with Crippen molar-refractivity contribution in [2.45, 2.75) is 130 Å². The fraction of sp³-hybridized carbons (Fsp3) is 0.604. The van der Waals surface area contributed by atoms with E-state index in [4.69, 9.17) is 4.74 Å². The average Bonchev–Trinajstić information content (AvgIpc) is 3.55. The highest BCUT2D eigenvalue weighted by Gasteiger charge is 2.66. The van der Waals surface area contributed by atoms with Crippen LogP contribution in [0, 0.1) is 65.1 Å². The Morgan fingerprint density at radius 3 is 2.53 bits per heavy atom. The third-order valence-corrected chi connectivity index (χ3v) is 15.3. The Balaban J connectivity index is 1.02. The van der Waals surface area contributed by atoms with E-state index in [1.165, 1.54) is 0 Å². The molecule has 57 heavy (non-hydrogen) atoms. The molecular weight excluding hydrogens is 717 g/mol. The summed E-state index contributed by atoms with van der Waals surface area (Å²) in [5.41, 5.74) is 2.78. The minimum absolute atomic E-state index is 0.0835. The SMILES string of the molecule is CCCCOC(=O)c1c(C)nc2ccccc2c1NCc1ccc(C#CC2(O)CCC3(C)C(CC(O)C4C3CC(O)C3(C)C4CC[C@@H]3C(C)CCC(=O)O)C2)cc1. The van der Waals surface area contributed by atoms with Crippen LogP contribution in [-0.2, 0) is 16.1 Å². The summed E-state index contributed by atoms with van der Waals surface area (Å²) in [7, 11) is 0. The number of fused-ring (bicyclic) bond motifs is 6. The number of esters is 1. The molecule has 4 aliphatic carbocycles. The minimum atomic E-state index is -1.17. The van der Waals surface area contributed by atoms with Gasteiger partial charge in [-0.1, -0.05) is 76.3 Å². The normalized spacial score (nSPS) is 33.6. The number of carbonyl (C=O) groups excluding carboxylic acids is 1. The van der Waals surface area contributed by atoms with Crippen LogP contribution >= 0.6 is 0 Å². The molecule has 11 atom stereocenters. The Hall–Kier alpha value is -3.97. The number of carboxylic acid groups (broad SMARTS) is 1. The van der Waals surface area contributed by atoms with Gasteiger partial charge in [0.05, 0.1) is 35.7 Å². The van der Waals surface area contributed by atoms with Gasteiger partial charge in [0, 0.05) is 23.9 Å². The van der Waals surface area contributed by atoms with E-state index in [9.17, 15) is 30.0 Å².